The van der Waals surface area contributed by atoms with E-state index in [1.807, 2.05) is 21.0 Å². The van der Waals surface area contributed by atoms with Crippen LogP contribution in [-0.2, 0) is 17.8 Å². The number of aliphatic imine (C=N–C) groups is 1. The van der Waals surface area contributed by atoms with Crippen molar-refractivity contribution in [2.24, 2.45) is 4.99 Å². The van der Waals surface area contributed by atoms with Gasteiger partial charge in [-0.3, -0.25) is 9.89 Å². The maximum Gasteiger partial charge on any atom is 0.193 e. The van der Waals surface area contributed by atoms with Crippen molar-refractivity contribution in [1.29, 1.82) is 0 Å². The minimum absolute atomic E-state index is 0.395. The minimum atomic E-state index is 0.395. The molecule has 7 heteroatoms. The third kappa shape index (κ3) is 7.38. The van der Waals surface area contributed by atoms with E-state index in [0.29, 0.717) is 6.10 Å². The van der Waals surface area contributed by atoms with E-state index in [4.69, 9.17) is 4.74 Å². The van der Waals surface area contributed by atoms with Gasteiger partial charge in [0, 0.05) is 52.3 Å². The molecule has 164 valence electrons. The quantitative estimate of drug-likeness (QED) is 0.375. The van der Waals surface area contributed by atoms with Crippen molar-refractivity contribution in [2.75, 3.05) is 40.3 Å². The number of likely N-dealkylation sites (tertiary alicyclic amines) is 1. The van der Waals surface area contributed by atoms with Crippen LogP contribution in [-0.4, -0.2) is 67.2 Å². The standard InChI is InChI=1S/C23H35N5OS/c1-19-26-21(18-30-19)17-27(3)23(24-2)25-12-7-15-29-22-10-13-28(14-11-22)16-20-8-5-4-6-9-20/h4-6,8-9,18,22H,7,10-17H2,1-3H3,(H,24,25). The summed E-state index contributed by atoms with van der Waals surface area (Å²) in [6, 6.07) is 10.7. The Bertz CT molecular complexity index is 771. The molecule has 1 aromatic carbocycles. The highest BCUT2D eigenvalue weighted by Gasteiger charge is 2.19. The third-order valence-electron chi connectivity index (χ3n) is 5.38. The van der Waals surface area contributed by atoms with Gasteiger partial charge in [0.25, 0.3) is 0 Å². The number of hydrogen-bond acceptors (Lipinski definition) is 5. The predicted molar refractivity (Wildman–Crippen MR) is 125 cm³/mol. The number of guanidine groups is 1. The van der Waals surface area contributed by atoms with Crippen LogP contribution < -0.4 is 5.32 Å². The van der Waals surface area contributed by atoms with Crippen LogP contribution >= 0.6 is 11.3 Å². The average Bonchev–Trinajstić information content (AvgIpc) is 3.17. The van der Waals surface area contributed by atoms with E-state index < -0.39 is 0 Å². The molecule has 0 radical (unpaired) electrons. The van der Waals surface area contributed by atoms with Gasteiger partial charge in [-0.05, 0) is 31.7 Å². The minimum Gasteiger partial charge on any atom is -0.378 e. The van der Waals surface area contributed by atoms with Gasteiger partial charge < -0.3 is 15.0 Å². The van der Waals surface area contributed by atoms with E-state index in [-0.39, 0.29) is 0 Å². The van der Waals surface area contributed by atoms with Gasteiger partial charge in [-0.2, -0.15) is 0 Å². The lowest BCUT2D eigenvalue weighted by Gasteiger charge is -2.32. The highest BCUT2D eigenvalue weighted by atomic mass is 32.1. The number of aryl methyl sites for hydroxylation is 1. The summed E-state index contributed by atoms with van der Waals surface area (Å²) in [5, 5.41) is 6.64. The lowest BCUT2D eigenvalue weighted by Crippen LogP contribution is -2.39. The number of piperidine rings is 1. The molecule has 30 heavy (non-hydrogen) atoms. The summed E-state index contributed by atoms with van der Waals surface area (Å²) in [7, 11) is 3.87. The zero-order chi connectivity index (χ0) is 21.2. The Balaban J connectivity index is 1.27. The summed E-state index contributed by atoms with van der Waals surface area (Å²) in [6.07, 6.45) is 3.62. The fourth-order valence-corrected chi connectivity index (χ4v) is 4.39. The fourth-order valence-electron chi connectivity index (χ4n) is 3.78. The molecule has 6 nitrogen and oxygen atoms in total. The molecule has 1 aromatic heterocycles. The van der Waals surface area contributed by atoms with Gasteiger partial charge in [0.15, 0.2) is 5.96 Å². The first-order valence-electron chi connectivity index (χ1n) is 10.8. The fraction of sp³-hybridized carbons (Fsp3) is 0.565. The molecule has 0 bridgehead atoms. The van der Waals surface area contributed by atoms with Gasteiger partial charge in [-0.25, -0.2) is 4.98 Å². The van der Waals surface area contributed by atoms with Crippen molar-refractivity contribution in [1.82, 2.24) is 20.1 Å². The first-order chi connectivity index (χ1) is 14.6. The molecule has 1 aliphatic rings. The van der Waals surface area contributed by atoms with Gasteiger partial charge in [0.05, 0.1) is 23.4 Å². The van der Waals surface area contributed by atoms with Gasteiger partial charge in [0.1, 0.15) is 0 Å². The molecule has 0 aliphatic carbocycles. The van der Waals surface area contributed by atoms with Gasteiger partial charge >= 0.3 is 0 Å². The molecular formula is C23H35N5OS. The average molecular weight is 430 g/mol. The van der Waals surface area contributed by atoms with E-state index in [0.717, 1.165) is 75.3 Å². The van der Waals surface area contributed by atoms with Crippen LogP contribution in [0, 0.1) is 6.92 Å². The molecule has 1 N–H and O–H groups in total. The first kappa shape index (κ1) is 22.7. The van der Waals surface area contributed by atoms with Gasteiger partial charge in [-0.15, -0.1) is 11.3 Å². The van der Waals surface area contributed by atoms with Crippen molar-refractivity contribution in [3.8, 4) is 0 Å². The van der Waals surface area contributed by atoms with Crippen molar-refractivity contribution in [3.05, 3.63) is 52.0 Å². The summed E-state index contributed by atoms with van der Waals surface area (Å²) in [6.45, 7) is 7.74. The number of nitrogens with zero attached hydrogens (tertiary/aromatic N) is 4. The molecule has 3 rings (SSSR count). The Morgan fingerprint density at radius 2 is 2.07 bits per heavy atom. The Kier molecular flexibility index (Phi) is 9.11. The van der Waals surface area contributed by atoms with E-state index in [1.54, 1.807) is 11.3 Å². The lowest BCUT2D eigenvalue weighted by atomic mass is 10.1. The molecular weight excluding hydrogens is 394 g/mol. The summed E-state index contributed by atoms with van der Waals surface area (Å²) in [5.41, 5.74) is 2.48. The van der Waals surface area contributed by atoms with Crippen LogP contribution in [0.1, 0.15) is 35.5 Å². The monoisotopic (exact) mass is 429 g/mol. The highest BCUT2D eigenvalue weighted by molar-refractivity contribution is 7.09. The van der Waals surface area contributed by atoms with Crippen LogP contribution in [0.4, 0.5) is 0 Å². The smallest absolute Gasteiger partial charge is 0.193 e. The van der Waals surface area contributed by atoms with E-state index in [9.17, 15) is 0 Å². The molecule has 0 atom stereocenters. The largest absolute Gasteiger partial charge is 0.378 e. The maximum absolute atomic E-state index is 6.13. The Hall–Kier alpha value is -1.96. The van der Waals surface area contributed by atoms with Crippen molar-refractivity contribution < 1.29 is 4.74 Å². The second kappa shape index (κ2) is 12.0. The van der Waals surface area contributed by atoms with Crippen molar-refractivity contribution in [2.45, 2.75) is 45.4 Å². The number of thiazole rings is 1. The van der Waals surface area contributed by atoms with Crippen LogP contribution in [0.3, 0.4) is 0 Å². The number of hydrogen-bond donors (Lipinski definition) is 1. The van der Waals surface area contributed by atoms with E-state index in [1.165, 1.54) is 5.56 Å². The number of ether oxygens (including phenoxy) is 1. The van der Waals surface area contributed by atoms with E-state index >= 15 is 0 Å². The summed E-state index contributed by atoms with van der Waals surface area (Å²) in [4.78, 5) is 13.5. The maximum atomic E-state index is 6.13. The molecule has 2 heterocycles. The molecule has 0 amide bonds. The number of benzene rings is 1. The molecule has 2 aromatic rings. The van der Waals surface area contributed by atoms with Crippen molar-refractivity contribution >= 4 is 17.3 Å². The Labute approximate surface area is 185 Å². The summed E-state index contributed by atoms with van der Waals surface area (Å²) < 4.78 is 6.13. The second-order valence-corrected chi connectivity index (χ2v) is 8.94. The molecule has 0 unspecified atom stereocenters. The molecule has 1 aliphatic heterocycles. The Morgan fingerprint density at radius 3 is 2.73 bits per heavy atom. The van der Waals surface area contributed by atoms with Crippen LogP contribution in [0.25, 0.3) is 0 Å². The van der Waals surface area contributed by atoms with Crippen LogP contribution in [0.5, 0.6) is 0 Å². The molecule has 1 fully saturated rings. The second-order valence-electron chi connectivity index (χ2n) is 7.87. The molecule has 1 saturated heterocycles. The van der Waals surface area contributed by atoms with Crippen molar-refractivity contribution in [3.63, 3.8) is 0 Å². The van der Waals surface area contributed by atoms with Crippen LogP contribution in [0.2, 0.25) is 0 Å². The number of rotatable bonds is 9. The zero-order valence-electron chi connectivity index (χ0n) is 18.5. The van der Waals surface area contributed by atoms with Gasteiger partial charge in [0.2, 0.25) is 0 Å². The molecule has 0 spiro atoms. The topological polar surface area (TPSA) is 53.0 Å². The number of aromatic nitrogens is 1. The predicted octanol–water partition coefficient (Wildman–Crippen LogP) is 3.53. The highest BCUT2D eigenvalue weighted by Crippen LogP contribution is 2.16. The van der Waals surface area contributed by atoms with Gasteiger partial charge in [-0.1, -0.05) is 30.3 Å². The third-order valence-corrected chi connectivity index (χ3v) is 6.20. The number of nitrogens with one attached hydrogen (secondary N) is 1. The summed E-state index contributed by atoms with van der Waals surface area (Å²) >= 11 is 1.69. The summed E-state index contributed by atoms with van der Waals surface area (Å²) in [5.74, 6) is 0.898. The van der Waals surface area contributed by atoms with E-state index in [2.05, 4.69) is 60.8 Å². The van der Waals surface area contributed by atoms with Crippen LogP contribution in [0.15, 0.2) is 40.7 Å². The normalized spacial score (nSPS) is 16.0. The lowest BCUT2D eigenvalue weighted by molar-refractivity contribution is 0.00531. The zero-order valence-corrected chi connectivity index (χ0v) is 19.3. The SMILES string of the molecule is CN=C(NCCCOC1CCN(Cc2ccccc2)CC1)N(C)Cc1csc(C)n1. The molecule has 0 saturated carbocycles. The first-order valence-corrected chi connectivity index (χ1v) is 11.7. The Morgan fingerprint density at radius 1 is 1.30 bits per heavy atom.